The smallest absolute Gasteiger partial charge is 0.411 e. The van der Waals surface area contributed by atoms with E-state index in [-0.39, 0.29) is 10.8 Å². The molecule has 0 aromatic rings. The van der Waals surface area contributed by atoms with E-state index in [9.17, 15) is 9.59 Å². The molecule has 1 saturated heterocycles. The molecule has 20 heavy (non-hydrogen) atoms. The van der Waals surface area contributed by atoms with Crippen molar-refractivity contribution in [2.24, 2.45) is 0 Å². The molecular weight excluding hydrogens is 326 g/mol. The molecule has 1 fully saturated rings. The van der Waals surface area contributed by atoms with Crippen LogP contribution in [0.3, 0.4) is 0 Å². The molecule has 5 nitrogen and oxygen atoms in total. The van der Waals surface area contributed by atoms with Crippen molar-refractivity contribution >= 4 is 28.0 Å². The number of hydrogen-bond donors (Lipinski definition) is 0. The van der Waals surface area contributed by atoms with Gasteiger partial charge >= 0.3 is 12.1 Å². The topological polar surface area (TPSA) is 55.8 Å². The van der Waals surface area contributed by atoms with E-state index in [0.717, 1.165) is 0 Å². The van der Waals surface area contributed by atoms with Gasteiger partial charge < -0.3 is 9.47 Å². The second kappa shape index (κ2) is 5.92. The molecule has 0 aromatic heterocycles. The summed E-state index contributed by atoms with van der Waals surface area (Å²) < 4.78 is 10.7. The number of carbonyl (C=O) groups is 2. The maximum Gasteiger partial charge on any atom is 0.411 e. The molecule has 0 N–H and O–H groups in total. The van der Waals surface area contributed by atoms with Crippen LogP contribution in [0.15, 0.2) is 0 Å². The summed E-state index contributed by atoms with van der Waals surface area (Å²) >= 11 is 3.46. The van der Waals surface area contributed by atoms with Crippen LogP contribution < -0.4 is 0 Å². The molecule has 1 amide bonds. The molecule has 116 valence electrons. The van der Waals surface area contributed by atoms with Crippen molar-refractivity contribution in [2.75, 3.05) is 6.54 Å². The summed E-state index contributed by atoms with van der Waals surface area (Å²) in [5, 5.41) is 0. The van der Waals surface area contributed by atoms with Gasteiger partial charge in [-0.3, -0.25) is 4.90 Å². The first kappa shape index (κ1) is 17.3. The maximum atomic E-state index is 12.2. The Morgan fingerprint density at radius 1 is 1.05 bits per heavy atom. The molecule has 1 heterocycles. The van der Waals surface area contributed by atoms with Crippen LogP contribution in [-0.2, 0) is 14.3 Å². The van der Waals surface area contributed by atoms with Crippen LogP contribution >= 0.6 is 15.9 Å². The SMILES string of the molecule is CC(C)(C)OC(=O)[C@@H]1C[C@H](Br)CN1C(=O)OC(C)(C)C. The lowest BCUT2D eigenvalue weighted by molar-refractivity contribution is -0.160. The van der Waals surface area contributed by atoms with Crippen LogP contribution in [0.4, 0.5) is 4.79 Å². The minimum atomic E-state index is -0.589. The Morgan fingerprint density at radius 3 is 2.00 bits per heavy atom. The van der Waals surface area contributed by atoms with E-state index < -0.39 is 23.3 Å². The molecule has 2 atom stereocenters. The second-order valence-corrected chi connectivity index (χ2v) is 8.31. The number of esters is 1. The predicted octanol–water partition coefficient (Wildman–Crippen LogP) is 3.10. The van der Waals surface area contributed by atoms with E-state index in [1.807, 2.05) is 20.8 Å². The van der Waals surface area contributed by atoms with Crippen LogP contribution in [-0.4, -0.2) is 45.6 Å². The highest BCUT2D eigenvalue weighted by atomic mass is 79.9. The molecule has 0 aliphatic carbocycles. The van der Waals surface area contributed by atoms with Crippen LogP contribution in [0.5, 0.6) is 0 Å². The molecular formula is C14H24BrNO4. The van der Waals surface area contributed by atoms with Crippen molar-refractivity contribution in [3.63, 3.8) is 0 Å². The molecule has 0 bridgehead atoms. The van der Waals surface area contributed by atoms with Crippen molar-refractivity contribution in [1.29, 1.82) is 0 Å². The number of nitrogens with zero attached hydrogens (tertiary/aromatic N) is 1. The summed E-state index contributed by atoms with van der Waals surface area (Å²) in [6, 6.07) is -0.589. The van der Waals surface area contributed by atoms with Gasteiger partial charge in [0.2, 0.25) is 0 Å². The monoisotopic (exact) mass is 349 g/mol. The zero-order chi connectivity index (χ0) is 15.7. The van der Waals surface area contributed by atoms with E-state index in [2.05, 4.69) is 15.9 Å². The summed E-state index contributed by atoms with van der Waals surface area (Å²) in [5.74, 6) is -0.384. The summed E-state index contributed by atoms with van der Waals surface area (Å²) in [7, 11) is 0. The molecule has 1 aliphatic rings. The summed E-state index contributed by atoms with van der Waals surface area (Å²) in [6.45, 7) is 11.3. The van der Waals surface area contributed by atoms with Crippen LogP contribution in [0, 0.1) is 0 Å². The van der Waals surface area contributed by atoms with Crippen LogP contribution in [0.1, 0.15) is 48.0 Å². The summed E-state index contributed by atoms with van der Waals surface area (Å²) in [5.41, 5.74) is -1.15. The van der Waals surface area contributed by atoms with E-state index in [4.69, 9.17) is 9.47 Å². The molecule has 0 unspecified atom stereocenters. The molecule has 0 spiro atoms. The first-order valence-electron chi connectivity index (χ1n) is 6.75. The summed E-state index contributed by atoms with van der Waals surface area (Å²) in [6.07, 6.45) is 0.0593. The lowest BCUT2D eigenvalue weighted by Gasteiger charge is -2.29. The Morgan fingerprint density at radius 2 is 1.55 bits per heavy atom. The third-order valence-electron chi connectivity index (χ3n) is 2.56. The Bertz CT molecular complexity index is 348. The van der Waals surface area contributed by atoms with Crippen LogP contribution in [0.25, 0.3) is 0 Å². The van der Waals surface area contributed by atoms with Gasteiger partial charge in [0, 0.05) is 11.4 Å². The number of amides is 1. The number of likely N-dealkylation sites (tertiary alicyclic amines) is 1. The van der Waals surface area contributed by atoms with Crippen molar-refractivity contribution in [3.8, 4) is 0 Å². The average molecular weight is 350 g/mol. The minimum absolute atomic E-state index is 0.0764. The Labute approximate surface area is 129 Å². The van der Waals surface area contributed by atoms with Gasteiger partial charge in [-0.25, -0.2) is 9.59 Å². The molecule has 6 heteroatoms. The number of alkyl halides is 1. The third kappa shape index (κ3) is 5.31. The van der Waals surface area contributed by atoms with Gasteiger partial charge in [0.25, 0.3) is 0 Å². The van der Waals surface area contributed by atoms with Crippen LogP contribution in [0.2, 0.25) is 0 Å². The molecule has 0 saturated carbocycles. The standard InChI is InChI=1S/C14H24BrNO4/c1-13(2,3)19-11(17)10-7-9(15)8-16(10)12(18)20-14(4,5)6/h9-10H,7-8H2,1-6H3/t9-,10-/m0/s1. The number of halogens is 1. The number of ether oxygens (including phenoxy) is 2. The van der Waals surface area contributed by atoms with E-state index in [0.29, 0.717) is 13.0 Å². The van der Waals surface area contributed by atoms with Gasteiger partial charge in [0.05, 0.1) is 0 Å². The Balaban J connectivity index is 2.78. The zero-order valence-electron chi connectivity index (χ0n) is 13.0. The Hall–Kier alpha value is -0.780. The van der Waals surface area contributed by atoms with E-state index in [1.54, 1.807) is 20.8 Å². The highest BCUT2D eigenvalue weighted by Gasteiger charge is 2.42. The fraction of sp³-hybridized carbons (Fsp3) is 0.857. The second-order valence-electron chi connectivity index (χ2n) is 7.01. The number of carbonyl (C=O) groups excluding carboxylic acids is 2. The van der Waals surface area contributed by atoms with Crippen molar-refractivity contribution in [1.82, 2.24) is 4.90 Å². The molecule has 1 aliphatic heterocycles. The Kier molecular flexibility index (Phi) is 5.11. The van der Waals surface area contributed by atoms with Crippen molar-refractivity contribution in [3.05, 3.63) is 0 Å². The number of rotatable bonds is 1. The average Bonchev–Trinajstić information content (AvgIpc) is 2.55. The van der Waals surface area contributed by atoms with Gasteiger partial charge in [-0.1, -0.05) is 15.9 Å². The van der Waals surface area contributed by atoms with Crippen molar-refractivity contribution < 1.29 is 19.1 Å². The molecule has 1 rings (SSSR count). The minimum Gasteiger partial charge on any atom is -0.458 e. The predicted molar refractivity (Wildman–Crippen MR) is 79.9 cm³/mol. The van der Waals surface area contributed by atoms with E-state index in [1.165, 1.54) is 4.90 Å². The summed E-state index contributed by atoms with van der Waals surface area (Å²) in [4.78, 5) is 25.9. The lowest BCUT2D eigenvalue weighted by atomic mass is 10.1. The molecule has 0 radical (unpaired) electrons. The normalized spacial score (nSPS) is 23.6. The van der Waals surface area contributed by atoms with Gasteiger partial charge in [-0.2, -0.15) is 0 Å². The van der Waals surface area contributed by atoms with Crippen molar-refractivity contribution in [2.45, 2.75) is 70.0 Å². The highest BCUT2D eigenvalue weighted by Crippen LogP contribution is 2.27. The number of hydrogen-bond acceptors (Lipinski definition) is 4. The molecule has 0 aromatic carbocycles. The largest absolute Gasteiger partial charge is 0.458 e. The van der Waals surface area contributed by atoms with Gasteiger partial charge in [0.15, 0.2) is 0 Å². The lowest BCUT2D eigenvalue weighted by Crippen LogP contribution is -2.45. The fourth-order valence-electron chi connectivity index (χ4n) is 1.90. The highest BCUT2D eigenvalue weighted by molar-refractivity contribution is 9.09. The maximum absolute atomic E-state index is 12.2. The fourth-order valence-corrected chi connectivity index (χ4v) is 2.57. The van der Waals surface area contributed by atoms with Gasteiger partial charge in [-0.05, 0) is 48.0 Å². The van der Waals surface area contributed by atoms with E-state index >= 15 is 0 Å². The quantitative estimate of drug-likeness (QED) is 0.539. The van der Waals surface area contributed by atoms with Gasteiger partial charge in [0.1, 0.15) is 17.2 Å². The zero-order valence-corrected chi connectivity index (χ0v) is 14.6. The first-order chi connectivity index (χ1) is 8.89. The third-order valence-corrected chi connectivity index (χ3v) is 3.22. The van der Waals surface area contributed by atoms with Gasteiger partial charge in [-0.15, -0.1) is 0 Å². The first-order valence-corrected chi connectivity index (χ1v) is 7.67.